The van der Waals surface area contributed by atoms with Crippen molar-refractivity contribution >= 4 is 64.1 Å². The number of thioether (sulfide) groups is 1. The van der Waals surface area contributed by atoms with Gasteiger partial charge in [-0.1, -0.05) is 29.3 Å². The van der Waals surface area contributed by atoms with Crippen LogP contribution in [0.1, 0.15) is 12.0 Å². The molecule has 2 amide bonds. The van der Waals surface area contributed by atoms with Gasteiger partial charge in [0.2, 0.25) is 5.91 Å². The summed E-state index contributed by atoms with van der Waals surface area (Å²) < 4.78 is 4.99. The van der Waals surface area contributed by atoms with Crippen molar-refractivity contribution in [3.63, 3.8) is 0 Å². The molecule has 2 aromatic carbocycles. The predicted octanol–water partition coefficient (Wildman–Crippen LogP) is 4.29. The second-order valence-electron chi connectivity index (χ2n) is 6.13. The average molecular weight is 439 g/mol. The zero-order valence-corrected chi connectivity index (χ0v) is 17.1. The summed E-state index contributed by atoms with van der Waals surface area (Å²) >= 11 is 13.2. The molecule has 9 heteroatoms. The van der Waals surface area contributed by atoms with Gasteiger partial charge in [-0.3, -0.25) is 14.4 Å². The van der Waals surface area contributed by atoms with E-state index < -0.39 is 23.7 Å². The number of benzene rings is 2. The van der Waals surface area contributed by atoms with E-state index in [9.17, 15) is 14.4 Å². The number of ether oxygens (including phenoxy) is 1. The average Bonchev–Trinajstić information content (AvgIpc) is 2.63. The molecule has 1 atom stereocenters. The lowest BCUT2D eigenvalue weighted by atomic mass is 10.2. The number of carbonyl (C=O) groups excluding carboxylic acids is 3. The summed E-state index contributed by atoms with van der Waals surface area (Å²) in [5.74, 6) is -1.47. The van der Waals surface area contributed by atoms with Crippen LogP contribution >= 0.6 is 35.0 Å². The first-order valence-corrected chi connectivity index (χ1v) is 9.94. The standard InChI is InChI=1S/C19H16Cl2N2O4S/c1-10-2-4-13(12(21)6-10)22-17(24)9-27-18(25)8-16-19(26)23-14-7-11(20)3-5-15(14)28-16/h2-7,16H,8-9H2,1H3,(H,22,24)(H,23,26). The van der Waals surface area contributed by atoms with Crippen LogP contribution in [0, 0.1) is 6.92 Å². The molecule has 1 unspecified atom stereocenters. The van der Waals surface area contributed by atoms with Gasteiger partial charge in [0.05, 0.1) is 28.1 Å². The van der Waals surface area contributed by atoms with Gasteiger partial charge in [0, 0.05) is 9.92 Å². The van der Waals surface area contributed by atoms with E-state index >= 15 is 0 Å². The van der Waals surface area contributed by atoms with Gasteiger partial charge in [0.1, 0.15) is 0 Å². The van der Waals surface area contributed by atoms with Crippen LogP contribution in [0.25, 0.3) is 0 Å². The molecule has 0 fully saturated rings. The Bertz CT molecular complexity index is 952. The van der Waals surface area contributed by atoms with Gasteiger partial charge in [-0.25, -0.2) is 0 Å². The maximum absolute atomic E-state index is 12.2. The molecule has 6 nitrogen and oxygen atoms in total. The molecule has 2 aromatic rings. The number of esters is 1. The Labute approximate surface area is 175 Å². The summed E-state index contributed by atoms with van der Waals surface area (Å²) in [5, 5.41) is 5.56. The summed E-state index contributed by atoms with van der Waals surface area (Å²) in [5.41, 5.74) is 2.01. The number of aryl methyl sites for hydroxylation is 1. The Balaban J connectivity index is 1.51. The van der Waals surface area contributed by atoms with Crippen molar-refractivity contribution in [3.8, 4) is 0 Å². The van der Waals surface area contributed by atoms with E-state index in [-0.39, 0.29) is 12.3 Å². The SMILES string of the molecule is Cc1ccc(NC(=O)COC(=O)CC2Sc3ccc(Cl)cc3NC2=O)c(Cl)c1. The van der Waals surface area contributed by atoms with Crippen molar-refractivity contribution in [2.75, 3.05) is 17.2 Å². The summed E-state index contributed by atoms with van der Waals surface area (Å²) in [4.78, 5) is 37.0. The maximum atomic E-state index is 12.2. The number of halogens is 2. The zero-order valence-electron chi connectivity index (χ0n) is 14.8. The molecule has 0 aliphatic carbocycles. The van der Waals surface area contributed by atoms with Gasteiger partial charge < -0.3 is 15.4 Å². The second-order valence-corrected chi connectivity index (χ2v) is 8.22. The zero-order chi connectivity index (χ0) is 20.3. The second kappa shape index (κ2) is 8.86. The Morgan fingerprint density at radius 1 is 1.21 bits per heavy atom. The van der Waals surface area contributed by atoms with Crippen LogP contribution in [0.5, 0.6) is 0 Å². The van der Waals surface area contributed by atoms with Gasteiger partial charge in [-0.2, -0.15) is 0 Å². The fourth-order valence-corrected chi connectivity index (χ4v) is 4.05. The van der Waals surface area contributed by atoms with Crippen LogP contribution in [0.3, 0.4) is 0 Å². The molecule has 0 saturated carbocycles. The number of fused-ring (bicyclic) bond motifs is 1. The molecule has 0 spiro atoms. The molecule has 28 heavy (non-hydrogen) atoms. The molecule has 0 aromatic heterocycles. The number of amides is 2. The first-order chi connectivity index (χ1) is 13.3. The highest BCUT2D eigenvalue weighted by Crippen LogP contribution is 2.38. The summed E-state index contributed by atoms with van der Waals surface area (Å²) in [6.45, 7) is 1.42. The lowest BCUT2D eigenvalue weighted by Crippen LogP contribution is -2.32. The van der Waals surface area contributed by atoms with Gasteiger partial charge in [-0.15, -0.1) is 11.8 Å². The van der Waals surface area contributed by atoms with E-state index in [2.05, 4.69) is 10.6 Å². The van der Waals surface area contributed by atoms with Crippen LogP contribution < -0.4 is 10.6 Å². The third-order valence-electron chi connectivity index (χ3n) is 3.88. The highest BCUT2D eigenvalue weighted by molar-refractivity contribution is 8.01. The Morgan fingerprint density at radius 3 is 2.75 bits per heavy atom. The normalized spacial score (nSPS) is 15.4. The molecule has 3 rings (SSSR count). The van der Waals surface area contributed by atoms with E-state index in [4.69, 9.17) is 27.9 Å². The summed E-state index contributed by atoms with van der Waals surface area (Å²) in [6, 6.07) is 10.3. The first kappa shape index (κ1) is 20.5. The Morgan fingerprint density at radius 2 is 2.00 bits per heavy atom. The minimum Gasteiger partial charge on any atom is -0.456 e. The highest BCUT2D eigenvalue weighted by Gasteiger charge is 2.29. The van der Waals surface area contributed by atoms with Crippen LogP contribution in [0.4, 0.5) is 11.4 Å². The molecule has 1 aliphatic heterocycles. The number of hydrogen-bond donors (Lipinski definition) is 2. The third kappa shape index (κ3) is 5.19. The van der Waals surface area contributed by atoms with Gasteiger partial charge in [0.15, 0.2) is 6.61 Å². The number of hydrogen-bond acceptors (Lipinski definition) is 5. The minimum absolute atomic E-state index is 0.156. The van der Waals surface area contributed by atoms with Gasteiger partial charge in [-0.05, 0) is 42.8 Å². The number of anilines is 2. The monoisotopic (exact) mass is 438 g/mol. The van der Waals surface area contributed by atoms with Crippen molar-refractivity contribution in [2.45, 2.75) is 23.5 Å². The van der Waals surface area contributed by atoms with Gasteiger partial charge >= 0.3 is 5.97 Å². The maximum Gasteiger partial charge on any atom is 0.307 e. The van der Waals surface area contributed by atoms with Gasteiger partial charge in [0.25, 0.3) is 5.91 Å². The van der Waals surface area contributed by atoms with Crippen molar-refractivity contribution in [1.82, 2.24) is 0 Å². The lowest BCUT2D eigenvalue weighted by molar-refractivity contribution is -0.147. The fraction of sp³-hybridized carbons (Fsp3) is 0.211. The first-order valence-electron chi connectivity index (χ1n) is 8.30. The van der Waals surface area contributed by atoms with Crippen LogP contribution in [-0.4, -0.2) is 29.6 Å². The molecule has 146 valence electrons. The molecular formula is C19H16Cl2N2O4S. The minimum atomic E-state index is -0.643. The smallest absolute Gasteiger partial charge is 0.307 e. The highest BCUT2D eigenvalue weighted by atomic mass is 35.5. The quantitative estimate of drug-likeness (QED) is 0.680. The third-order valence-corrected chi connectivity index (χ3v) is 5.70. The summed E-state index contributed by atoms with van der Waals surface area (Å²) in [6.07, 6.45) is -0.156. The van der Waals surface area contributed by atoms with E-state index in [1.54, 1.807) is 36.4 Å². The fourth-order valence-electron chi connectivity index (χ4n) is 2.52. The molecule has 1 aliphatic rings. The van der Waals surface area contributed by atoms with Crippen molar-refractivity contribution in [2.24, 2.45) is 0 Å². The van der Waals surface area contributed by atoms with E-state index in [1.165, 1.54) is 11.8 Å². The Hall–Kier alpha value is -2.22. The van der Waals surface area contributed by atoms with E-state index in [1.807, 2.05) is 6.92 Å². The summed E-state index contributed by atoms with van der Waals surface area (Å²) in [7, 11) is 0. The van der Waals surface area contributed by atoms with E-state index in [0.29, 0.717) is 21.4 Å². The van der Waals surface area contributed by atoms with Crippen molar-refractivity contribution in [3.05, 3.63) is 52.0 Å². The molecule has 0 radical (unpaired) electrons. The topological polar surface area (TPSA) is 84.5 Å². The van der Waals surface area contributed by atoms with Crippen LogP contribution in [0.15, 0.2) is 41.3 Å². The van der Waals surface area contributed by atoms with Crippen LogP contribution in [-0.2, 0) is 19.1 Å². The van der Waals surface area contributed by atoms with Crippen molar-refractivity contribution in [1.29, 1.82) is 0 Å². The van der Waals surface area contributed by atoms with Crippen LogP contribution in [0.2, 0.25) is 10.0 Å². The Kier molecular flexibility index (Phi) is 6.49. The van der Waals surface area contributed by atoms with Crippen molar-refractivity contribution < 1.29 is 19.1 Å². The number of nitrogens with one attached hydrogen (secondary N) is 2. The number of carbonyl (C=O) groups is 3. The molecule has 2 N–H and O–H groups in total. The molecule has 0 saturated heterocycles. The molecule has 1 heterocycles. The number of rotatable bonds is 5. The largest absolute Gasteiger partial charge is 0.456 e. The predicted molar refractivity (Wildman–Crippen MR) is 110 cm³/mol. The molecular weight excluding hydrogens is 423 g/mol. The molecule has 0 bridgehead atoms. The van der Waals surface area contributed by atoms with E-state index in [0.717, 1.165) is 10.5 Å². The lowest BCUT2D eigenvalue weighted by Gasteiger charge is -2.23.